The van der Waals surface area contributed by atoms with Crippen molar-refractivity contribution in [2.75, 3.05) is 26.4 Å². The highest BCUT2D eigenvalue weighted by Crippen LogP contribution is 2.08. The van der Waals surface area contributed by atoms with Crippen molar-refractivity contribution in [3.63, 3.8) is 0 Å². The maximum atomic E-state index is 9.19. The molecule has 0 heterocycles. The van der Waals surface area contributed by atoms with Crippen LogP contribution in [0.5, 0.6) is 0 Å². The third kappa shape index (κ3) is 6.02. The van der Waals surface area contributed by atoms with Crippen LogP contribution in [-0.2, 0) is 4.74 Å². The highest BCUT2D eigenvalue weighted by molar-refractivity contribution is 4.81. The van der Waals surface area contributed by atoms with Crippen LogP contribution < -0.4 is 5.32 Å². The van der Waals surface area contributed by atoms with Gasteiger partial charge in [-0.3, -0.25) is 0 Å². The van der Waals surface area contributed by atoms with Crippen LogP contribution in [0.2, 0.25) is 0 Å². The Balaban J connectivity index is 3.67. The van der Waals surface area contributed by atoms with Gasteiger partial charge in [-0.15, -0.1) is 0 Å². The van der Waals surface area contributed by atoms with Crippen molar-refractivity contribution in [1.82, 2.24) is 5.32 Å². The third-order valence-electron chi connectivity index (χ3n) is 2.15. The van der Waals surface area contributed by atoms with Crippen LogP contribution in [0.4, 0.5) is 0 Å². The molecule has 0 rings (SSSR count). The lowest BCUT2D eigenvalue weighted by molar-refractivity contribution is 0.0939. The molecule has 0 saturated heterocycles. The number of rotatable bonds is 8. The van der Waals surface area contributed by atoms with E-state index in [1.807, 2.05) is 13.8 Å². The van der Waals surface area contributed by atoms with E-state index in [9.17, 15) is 5.11 Å². The molecule has 0 aromatic rings. The summed E-state index contributed by atoms with van der Waals surface area (Å²) in [6.07, 6.45) is 1.95. The summed E-state index contributed by atoms with van der Waals surface area (Å²) in [5, 5.41) is 12.5. The zero-order valence-electron chi connectivity index (χ0n) is 9.10. The second kappa shape index (κ2) is 7.30. The molecule has 3 nitrogen and oxygen atoms in total. The smallest absolute Gasteiger partial charge is 0.0611 e. The van der Waals surface area contributed by atoms with E-state index in [1.165, 1.54) is 0 Å². The quantitative estimate of drug-likeness (QED) is 0.563. The Hall–Kier alpha value is -0.120. The standard InChI is InChI=1S/C10H23NO2/c1-4-7-11-10(3,9-12)6-8-13-5-2/h11-12H,4-9H2,1-3H3. The van der Waals surface area contributed by atoms with Crippen molar-refractivity contribution in [1.29, 1.82) is 0 Å². The summed E-state index contributed by atoms with van der Waals surface area (Å²) in [5.74, 6) is 0. The lowest BCUT2D eigenvalue weighted by Crippen LogP contribution is -2.46. The van der Waals surface area contributed by atoms with E-state index in [-0.39, 0.29) is 12.1 Å². The predicted octanol–water partition coefficient (Wildman–Crippen LogP) is 1.16. The van der Waals surface area contributed by atoms with E-state index in [0.717, 1.165) is 26.0 Å². The van der Waals surface area contributed by atoms with E-state index in [0.29, 0.717) is 6.61 Å². The van der Waals surface area contributed by atoms with Crippen LogP contribution in [0, 0.1) is 0 Å². The Bertz CT molecular complexity index is 119. The van der Waals surface area contributed by atoms with Gasteiger partial charge >= 0.3 is 0 Å². The molecule has 80 valence electrons. The van der Waals surface area contributed by atoms with E-state index >= 15 is 0 Å². The molecule has 3 heteroatoms. The maximum absolute atomic E-state index is 9.19. The molecule has 0 fully saturated rings. The number of nitrogens with one attached hydrogen (secondary N) is 1. The van der Waals surface area contributed by atoms with Gasteiger partial charge in [0, 0.05) is 18.8 Å². The zero-order chi connectivity index (χ0) is 10.2. The Labute approximate surface area is 81.5 Å². The molecule has 0 radical (unpaired) electrons. The van der Waals surface area contributed by atoms with Gasteiger partial charge < -0.3 is 15.2 Å². The van der Waals surface area contributed by atoms with Gasteiger partial charge in [-0.25, -0.2) is 0 Å². The fourth-order valence-corrected chi connectivity index (χ4v) is 1.09. The summed E-state index contributed by atoms with van der Waals surface area (Å²) >= 11 is 0. The minimum absolute atomic E-state index is 0.167. The van der Waals surface area contributed by atoms with Gasteiger partial charge in [0.1, 0.15) is 0 Å². The van der Waals surface area contributed by atoms with Crippen LogP contribution >= 0.6 is 0 Å². The maximum Gasteiger partial charge on any atom is 0.0611 e. The molecule has 0 aromatic heterocycles. The van der Waals surface area contributed by atoms with Crippen LogP contribution in [0.15, 0.2) is 0 Å². The highest BCUT2D eigenvalue weighted by Gasteiger charge is 2.21. The van der Waals surface area contributed by atoms with Crippen LogP contribution in [0.1, 0.15) is 33.6 Å². The van der Waals surface area contributed by atoms with Crippen LogP contribution in [-0.4, -0.2) is 37.0 Å². The largest absolute Gasteiger partial charge is 0.394 e. The average Bonchev–Trinajstić information content (AvgIpc) is 2.15. The van der Waals surface area contributed by atoms with Crippen molar-refractivity contribution in [3.8, 4) is 0 Å². The van der Waals surface area contributed by atoms with E-state index in [1.54, 1.807) is 0 Å². The van der Waals surface area contributed by atoms with Crippen molar-refractivity contribution in [2.45, 2.75) is 39.2 Å². The normalized spacial score (nSPS) is 15.7. The Morgan fingerprint density at radius 1 is 1.38 bits per heavy atom. The van der Waals surface area contributed by atoms with Gasteiger partial charge in [-0.05, 0) is 33.2 Å². The molecule has 0 aliphatic heterocycles. The highest BCUT2D eigenvalue weighted by atomic mass is 16.5. The molecule has 1 atom stereocenters. The Morgan fingerprint density at radius 3 is 2.54 bits per heavy atom. The van der Waals surface area contributed by atoms with Crippen LogP contribution in [0.25, 0.3) is 0 Å². The van der Waals surface area contributed by atoms with Gasteiger partial charge in [0.15, 0.2) is 0 Å². The summed E-state index contributed by atoms with van der Waals surface area (Å²) in [4.78, 5) is 0. The topological polar surface area (TPSA) is 41.5 Å². The molecule has 13 heavy (non-hydrogen) atoms. The molecule has 2 N–H and O–H groups in total. The molecule has 0 spiro atoms. The number of aliphatic hydroxyl groups is 1. The predicted molar refractivity (Wildman–Crippen MR) is 54.9 cm³/mol. The van der Waals surface area contributed by atoms with Crippen molar-refractivity contribution in [2.24, 2.45) is 0 Å². The number of ether oxygens (including phenoxy) is 1. The van der Waals surface area contributed by atoms with E-state index in [2.05, 4.69) is 12.2 Å². The monoisotopic (exact) mass is 189 g/mol. The first kappa shape index (κ1) is 12.9. The van der Waals surface area contributed by atoms with Crippen molar-refractivity contribution >= 4 is 0 Å². The van der Waals surface area contributed by atoms with Gasteiger partial charge in [-0.1, -0.05) is 6.92 Å². The summed E-state index contributed by atoms with van der Waals surface area (Å²) in [5.41, 5.74) is -0.175. The molecule has 0 aliphatic rings. The first-order valence-electron chi connectivity index (χ1n) is 5.12. The van der Waals surface area contributed by atoms with Crippen molar-refractivity contribution in [3.05, 3.63) is 0 Å². The summed E-state index contributed by atoms with van der Waals surface area (Å²) in [6.45, 7) is 8.70. The fraction of sp³-hybridized carbons (Fsp3) is 1.00. The molecule has 1 unspecified atom stereocenters. The van der Waals surface area contributed by atoms with Gasteiger partial charge in [0.05, 0.1) is 6.61 Å². The lowest BCUT2D eigenvalue weighted by atomic mass is 9.99. The summed E-state index contributed by atoms with van der Waals surface area (Å²) in [7, 11) is 0. The average molecular weight is 189 g/mol. The van der Waals surface area contributed by atoms with E-state index < -0.39 is 0 Å². The molecular formula is C10H23NO2. The van der Waals surface area contributed by atoms with Gasteiger partial charge in [0.2, 0.25) is 0 Å². The molecule has 0 aliphatic carbocycles. The lowest BCUT2D eigenvalue weighted by Gasteiger charge is -2.28. The first-order valence-corrected chi connectivity index (χ1v) is 5.12. The third-order valence-corrected chi connectivity index (χ3v) is 2.15. The minimum atomic E-state index is -0.175. The van der Waals surface area contributed by atoms with Crippen molar-refractivity contribution < 1.29 is 9.84 Å². The minimum Gasteiger partial charge on any atom is -0.394 e. The van der Waals surface area contributed by atoms with Gasteiger partial charge in [-0.2, -0.15) is 0 Å². The molecule has 0 amide bonds. The molecular weight excluding hydrogens is 166 g/mol. The number of aliphatic hydroxyl groups excluding tert-OH is 1. The Morgan fingerprint density at radius 2 is 2.08 bits per heavy atom. The molecule has 0 aromatic carbocycles. The second-order valence-corrected chi connectivity index (χ2v) is 3.59. The van der Waals surface area contributed by atoms with Crippen LogP contribution in [0.3, 0.4) is 0 Å². The molecule has 0 bridgehead atoms. The summed E-state index contributed by atoms with van der Waals surface area (Å²) < 4.78 is 5.26. The van der Waals surface area contributed by atoms with E-state index in [4.69, 9.17) is 4.74 Å². The Kier molecular flexibility index (Phi) is 7.23. The zero-order valence-corrected chi connectivity index (χ0v) is 9.10. The fourth-order valence-electron chi connectivity index (χ4n) is 1.09. The second-order valence-electron chi connectivity index (χ2n) is 3.59. The summed E-state index contributed by atoms with van der Waals surface area (Å²) in [6, 6.07) is 0. The number of hydrogen-bond donors (Lipinski definition) is 2. The number of hydrogen-bond acceptors (Lipinski definition) is 3. The SMILES string of the molecule is CCCNC(C)(CO)CCOCC. The van der Waals surface area contributed by atoms with Gasteiger partial charge in [0.25, 0.3) is 0 Å². The molecule has 0 saturated carbocycles. The first-order chi connectivity index (χ1) is 6.18.